The van der Waals surface area contributed by atoms with Crippen LogP contribution in [0.2, 0.25) is 0 Å². The van der Waals surface area contributed by atoms with Gasteiger partial charge in [-0.25, -0.2) is 9.97 Å². The zero-order chi connectivity index (χ0) is 14.3. The van der Waals surface area contributed by atoms with E-state index < -0.39 is 0 Å². The maximum atomic E-state index is 5.98. The van der Waals surface area contributed by atoms with Gasteiger partial charge in [0.25, 0.3) is 0 Å². The second-order valence-electron chi connectivity index (χ2n) is 5.02. The highest BCUT2D eigenvalue weighted by Crippen LogP contribution is 2.27. The fourth-order valence-electron chi connectivity index (χ4n) is 2.52. The summed E-state index contributed by atoms with van der Waals surface area (Å²) >= 11 is 0. The van der Waals surface area contributed by atoms with Gasteiger partial charge in [-0.05, 0) is 38.0 Å². The summed E-state index contributed by atoms with van der Waals surface area (Å²) in [5.41, 5.74) is 11.4. The Bertz CT molecular complexity index is 788. The number of aromatic nitrogens is 4. The fourth-order valence-corrected chi connectivity index (χ4v) is 2.52. The van der Waals surface area contributed by atoms with Crippen molar-refractivity contribution in [3.63, 3.8) is 0 Å². The van der Waals surface area contributed by atoms with Crippen LogP contribution in [-0.2, 0) is 6.54 Å². The van der Waals surface area contributed by atoms with E-state index in [9.17, 15) is 0 Å². The number of fused-ring (bicyclic) bond motifs is 1. The zero-order valence-electron chi connectivity index (χ0n) is 11.9. The third kappa shape index (κ3) is 1.82. The Hall–Kier alpha value is -2.43. The van der Waals surface area contributed by atoms with Gasteiger partial charge in [-0.15, -0.1) is 0 Å². The summed E-state index contributed by atoms with van der Waals surface area (Å²) in [6.07, 6.45) is 3.33. The van der Waals surface area contributed by atoms with E-state index in [0.717, 1.165) is 28.0 Å². The molecule has 0 saturated heterocycles. The van der Waals surface area contributed by atoms with Crippen molar-refractivity contribution in [2.24, 2.45) is 0 Å². The standard InChI is InChI=1S/C15H17N5/c1-9-5-4-6-17-12(9)7-20-11(3)10(2)13-14(16)18-8-19-15(13)20/h4-6,8H,7H2,1-3H3,(H2,16,18,19). The zero-order valence-corrected chi connectivity index (χ0v) is 11.9. The van der Waals surface area contributed by atoms with Crippen LogP contribution >= 0.6 is 0 Å². The van der Waals surface area contributed by atoms with Crippen molar-refractivity contribution in [2.75, 3.05) is 5.73 Å². The van der Waals surface area contributed by atoms with Crippen molar-refractivity contribution in [3.8, 4) is 0 Å². The first-order chi connectivity index (χ1) is 9.59. The molecule has 3 aromatic rings. The molecule has 0 radical (unpaired) electrons. The Kier molecular flexibility index (Phi) is 2.89. The average Bonchev–Trinajstić information content (AvgIpc) is 2.67. The molecule has 0 bridgehead atoms. The van der Waals surface area contributed by atoms with E-state index in [2.05, 4.69) is 46.4 Å². The molecule has 3 rings (SSSR count). The van der Waals surface area contributed by atoms with Crippen LogP contribution in [0, 0.1) is 20.8 Å². The van der Waals surface area contributed by atoms with E-state index in [1.54, 1.807) is 0 Å². The predicted octanol–water partition coefficient (Wildman–Crippen LogP) is 2.38. The van der Waals surface area contributed by atoms with Crippen LogP contribution in [0.15, 0.2) is 24.7 Å². The number of hydrogen-bond donors (Lipinski definition) is 1. The molecule has 0 spiro atoms. The lowest BCUT2D eigenvalue weighted by atomic mass is 10.2. The van der Waals surface area contributed by atoms with Gasteiger partial charge in [-0.1, -0.05) is 6.07 Å². The molecule has 102 valence electrons. The number of hydrogen-bond acceptors (Lipinski definition) is 4. The minimum atomic E-state index is 0.534. The summed E-state index contributed by atoms with van der Waals surface area (Å²) in [4.78, 5) is 12.9. The largest absolute Gasteiger partial charge is 0.383 e. The van der Waals surface area contributed by atoms with Gasteiger partial charge in [0, 0.05) is 11.9 Å². The Morgan fingerprint density at radius 1 is 1.15 bits per heavy atom. The molecule has 0 aliphatic carbocycles. The summed E-state index contributed by atoms with van der Waals surface area (Å²) in [7, 11) is 0. The second kappa shape index (κ2) is 4.59. The van der Waals surface area contributed by atoms with Crippen LogP contribution < -0.4 is 5.73 Å². The highest BCUT2D eigenvalue weighted by Gasteiger charge is 2.15. The van der Waals surface area contributed by atoms with Crippen LogP contribution in [0.3, 0.4) is 0 Å². The Labute approximate surface area is 117 Å². The molecule has 3 aromatic heterocycles. The molecule has 5 nitrogen and oxygen atoms in total. The Morgan fingerprint density at radius 3 is 2.70 bits per heavy atom. The molecule has 3 heterocycles. The topological polar surface area (TPSA) is 69.6 Å². The van der Waals surface area contributed by atoms with E-state index in [0.29, 0.717) is 12.4 Å². The van der Waals surface area contributed by atoms with E-state index in [4.69, 9.17) is 5.73 Å². The van der Waals surface area contributed by atoms with Crippen LogP contribution in [0.1, 0.15) is 22.5 Å². The molecule has 0 fully saturated rings. The van der Waals surface area contributed by atoms with Gasteiger partial charge < -0.3 is 10.3 Å². The lowest BCUT2D eigenvalue weighted by Crippen LogP contribution is -2.06. The molecule has 0 amide bonds. The summed E-state index contributed by atoms with van der Waals surface area (Å²) in [5, 5.41) is 0.943. The van der Waals surface area contributed by atoms with Gasteiger partial charge in [0.2, 0.25) is 0 Å². The Balaban J connectivity index is 2.20. The molecule has 20 heavy (non-hydrogen) atoms. The number of pyridine rings is 1. The molecule has 0 unspecified atom stereocenters. The summed E-state index contributed by atoms with van der Waals surface area (Å²) in [6, 6.07) is 4.02. The number of anilines is 1. The predicted molar refractivity (Wildman–Crippen MR) is 79.5 cm³/mol. The number of nitrogens with two attached hydrogens (primary N) is 1. The average molecular weight is 267 g/mol. The van der Waals surface area contributed by atoms with Crippen molar-refractivity contribution in [2.45, 2.75) is 27.3 Å². The number of nitrogens with zero attached hydrogens (tertiary/aromatic N) is 4. The van der Waals surface area contributed by atoms with Crippen LogP contribution in [0.25, 0.3) is 11.0 Å². The van der Waals surface area contributed by atoms with Crippen molar-refractivity contribution >= 4 is 16.9 Å². The molecule has 5 heteroatoms. The highest BCUT2D eigenvalue weighted by molar-refractivity contribution is 5.90. The van der Waals surface area contributed by atoms with E-state index in [1.807, 2.05) is 12.3 Å². The van der Waals surface area contributed by atoms with Gasteiger partial charge in [0.15, 0.2) is 0 Å². The summed E-state index contributed by atoms with van der Waals surface area (Å²) in [6.45, 7) is 6.90. The lowest BCUT2D eigenvalue weighted by Gasteiger charge is -2.09. The first-order valence-corrected chi connectivity index (χ1v) is 6.56. The highest BCUT2D eigenvalue weighted by atomic mass is 15.1. The van der Waals surface area contributed by atoms with Crippen LogP contribution in [-0.4, -0.2) is 19.5 Å². The monoisotopic (exact) mass is 267 g/mol. The fraction of sp³-hybridized carbons (Fsp3) is 0.267. The van der Waals surface area contributed by atoms with Crippen LogP contribution in [0.5, 0.6) is 0 Å². The number of aryl methyl sites for hydroxylation is 2. The molecule has 0 aliphatic rings. The summed E-state index contributed by atoms with van der Waals surface area (Å²) in [5.74, 6) is 0.534. The molecular formula is C15H17N5. The maximum Gasteiger partial charge on any atom is 0.146 e. The number of nitrogen functional groups attached to an aromatic ring is 1. The van der Waals surface area contributed by atoms with Gasteiger partial charge in [0.1, 0.15) is 17.8 Å². The van der Waals surface area contributed by atoms with Gasteiger partial charge in [0.05, 0.1) is 17.6 Å². The van der Waals surface area contributed by atoms with Gasteiger partial charge >= 0.3 is 0 Å². The normalized spacial score (nSPS) is 11.2. The molecule has 0 aromatic carbocycles. The first kappa shape index (κ1) is 12.6. The molecule has 0 atom stereocenters. The Morgan fingerprint density at radius 2 is 1.95 bits per heavy atom. The molecule has 0 aliphatic heterocycles. The molecular weight excluding hydrogens is 250 g/mol. The quantitative estimate of drug-likeness (QED) is 0.774. The minimum absolute atomic E-state index is 0.534. The molecule has 0 saturated carbocycles. The first-order valence-electron chi connectivity index (χ1n) is 6.56. The third-order valence-electron chi connectivity index (χ3n) is 3.86. The van der Waals surface area contributed by atoms with Gasteiger partial charge in [-0.2, -0.15) is 0 Å². The van der Waals surface area contributed by atoms with Crippen molar-refractivity contribution < 1.29 is 0 Å². The van der Waals surface area contributed by atoms with E-state index in [-0.39, 0.29) is 0 Å². The summed E-state index contributed by atoms with van der Waals surface area (Å²) < 4.78 is 2.15. The third-order valence-corrected chi connectivity index (χ3v) is 3.86. The second-order valence-corrected chi connectivity index (χ2v) is 5.02. The van der Waals surface area contributed by atoms with E-state index in [1.165, 1.54) is 11.9 Å². The van der Waals surface area contributed by atoms with Crippen molar-refractivity contribution in [1.82, 2.24) is 19.5 Å². The van der Waals surface area contributed by atoms with Gasteiger partial charge in [-0.3, -0.25) is 4.98 Å². The minimum Gasteiger partial charge on any atom is -0.383 e. The molecule has 2 N–H and O–H groups in total. The smallest absolute Gasteiger partial charge is 0.146 e. The SMILES string of the molecule is Cc1cccnc1Cn1c(C)c(C)c2c(N)ncnc21. The van der Waals surface area contributed by atoms with Crippen molar-refractivity contribution in [3.05, 3.63) is 47.2 Å². The van der Waals surface area contributed by atoms with Crippen molar-refractivity contribution in [1.29, 1.82) is 0 Å². The number of rotatable bonds is 2. The maximum absolute atomic E-state index is 5.98. The van der Waals surface area contributed by atoms with Crippen LogP contribution in [0.4, 0.5) is 5.82 Å². The van der Waals surface area contributed by atoms with E-state index >= 15 is 0 Å². The lowest BCUT2D eigenvalue weighted by molar-refractivity contribution is 0.762.